The second-order valence-corrected chi connectivity index (χ2v) is 4.76. The van der Waals surface area contributed by atoms with E-state index in [0.717, 1.165) is 45.0 Å². The Hall–Kier alpha value is -1.22. The molecule has 0 saturated carbocycles. The fraction of sp³-hybridized carbons (Fsp3) is 0.600. The molecule has 0 amide bonds. The molecule has 0 unspecified atom stereocenters. The zero-order valence-electron chi connectivity index (χ0n) is 11.3. The van der Waals surface area contributed by atoms with Gasteiger partial charge in [-0.25, -0.2) is 0 Å². The van der Waals surface area contributed by atoms with Gasteiger partial charge in [0.2, 0.25) is 0 Å². The van der Waals surface area contributed by atoms with Crippen LogP contribution in [0.15, 0.2) is 24.3 Å². The molecule has 0 aromatic heterocycles. The van der Waals surface area contributed by atoms with Crippen LogP contribution in [0.2, 0.25) is 0 Å². The Kier molecular flexibility index (Phi) is 5.34. The van der Waals surface area contributed by atoms with Crippen LogP contribution in [0.1, 0.15) is 26.2 Å². The molecule has 1 heterocycles. The first-order chi connectivity index (χ1) is 8.92. The van der Waals surface area contributed by atoms with E-state index in [4.69, 9.17) is 4.74 Å². The molecule has 0 saturated heterocycles. The fourth-order valence-electron chi connectivity index (χ4n) is 2.33. The number of nitrogens with zero attached hydrogens (tertiary/aromatic N) is 1. The standard InChI is InChI=1S/C15H24N2O/c1-2-9-16-10-5-11-17-12-6-13-18-15-8-4-3-7-14(15)17/h3-4,7-8,16H,2,5-6,9-13H2,1H3. The van der Waals surface area contributed by atoms with E-state index < -0.39 is 0 Å². The quantitative estimate of drug-likeness (QED) is 0.783. The van der Waals surface area contributed by atoms with Gasteiger partial charge in [0.25, 0.3) is 0 Å². The van der Waals surface area contributed by atoms with Crippen LogP contribution < -0.4 is 15.0 Å². The largest absolute Gasteiger partial charge is 0.491 e. The Morgan fingerprint density at radius 2 is 2.17 bits per heavy atom. The number of nitrogens with one attached hydrogen (secondary N) is 1. The van der Waals surface area contributed by atoms with Gasteiger partial charge in [0, 0.05) is 13.1 Å². The summed E-state index contributed by atoms with van der Waals surface area (Å²) in [6.45, 7) is 7.48. The molecule has 18 heavy (non-hydrogen) atoms. The molecule has 1 aromatic rings. The summed E-state index contributed by atoms with van der Waals surface area (Å²) in [5, 5.41) is 3.46. The predicted molar refractivity (Wildman–Crippen MR) is 76.5 cm³/mol. The van der Waals surface area contributed by atoms with Crippen LogP contribution >= 0.6 is 0 Å². The summed E-state index contributed by atoms with van der Waals surface area (Å²) >= 11 is 0. The number of hydrogen-bond donors (Lipinski definition) is 1. The Balaban J connectivity index is 1.88. The van der Waals surface area contributed by atoms with Crippen LogP contribution in [-0.4, -0.2) is 32.8 Å². The molecule has 0 radical (unpaired) electrons. The molecule has 0 fully saturated rings. The van der Waals surface area contributed by atoms with Crippen LogP contribution in [0.25, 0.3) is 0 Å². The first-order valence-electron chi connectivity index (χ1n) is 7.09. The van der Waals surface area contributed by atoms with E-state index in [1.54, 1.807) is 0 Å². The minimum atomic E-state index is 0.835. The first-order valence-corrected chi connectivity index (χ1v) is 7.09. The maximum absolute atomic E-state index is 5.77. The Morgan fingerprint density at radius 3 is 3.06 bits per heavy atom. The summed E-state index contributed by atoms with van der Waals surface area (Å²) in [5.74, 6) is 1.04. The van der Waals surface area contributed by atoms with Crippen LogP contribution in [0, 0.1) is 0 Å². The third-order valence-electron chi connectivity index (χ3n) is 3.24. The topological polar surface area (TPSA) is 24.5 Å². The fourth-order valence-corrected chi connectivity index (χ4v) is 2.33. The number of ether oxygens (including phenoxy) is 1. The van der Waals surface area contributed by atoms with E-state index in [1.807, 2.05) is 6.07 Å². The second-order valence-electron chi connectivity index (χ2n) is 4.76. The third kappa shape index (κ3) is 3.64. The third-order valence-corrected chi connectivity index (χ3v) is 3.24. The van der Waals surface area contributed by atoms with Crippen molar-refractivity contribution in [3.8, 4) is 5.75 Å². The number of fused-ring (bicyclic) bond motifs is 1. The summed E-state index contributed by atoms with van der Waals surface area (Å²) in [6, 6.07) is 8.38. The molecule has 0 bridgehead atoms. The highest BCUT2D eigenvalue weighted by molar-refractivity contribution is 5.58. The molecule has 2 rings (SSSR count). The summed E-state index contributed by atoms with van der Waals surface area (Å²) in [4.78, 5) is 2.45. The average molecular weight is 248 g/mol. The maximum Gasteiger partial charge on any atom is 0.142 e. The van der Waals surface area contributed by atoms with E-state index in [-0.39, 0.29) is 0 Å². The lowest BCUT2D eigenvalue weighted by molar-refractivity contribution is 0.322. The lowest BCUT2D eigenvalue weighted by Gasteiger charge is -2.23. The molecule has 1 N–H and O–H groups in total. The lowest BCUT2D eigenvalue weighted by Crippen LogP contribution is -2.28. The van der Waals surface area contributed by atoms with E-state index in [1.165, 1.54) is 18.5 Å². The number of benzene rings is 1. The van der Waals surface area contributed by atoms with Crippen molar-refractivity contribution in [3.05, 3.63) is 24.3 Å². The van der Waals surface area contributed by atoms with Gasteiger partial charge in [0.05, 0.1) is 12.3 Å². The molecule has 1 aliphatic heterocycles. The van der Waals surface area contributed by atoms with Crippen molar-refractivity contribution in [2.75, 3.05) is 37.7 Å². The van der Waals surface area contributed by atoms with Crippen LogP contribution in [0.5, 0.6) is 5.75 Å². The van der Waals surface area contributed by atoms with Crippen LogP contribution in [0.4, 0.5) is 5.69 Å². The minimum absolute atomic E-state index is 0.835. The lowest BCUT2D eigenvalue weighted by atomic mass is 10.2. The number of hydrogen-bond acceptors (Lipinski definition) is 3. The van der Waals surface area contributed by atoms with Crippen molar-refractivity contribution in [2.24, 2.45) is 0 Å². The van der Waals surface area contributed by atoms with Crippen molar-refractivity contribution in [1.29, 1.82) is 0 Å². The Labute approximate surface area is 110 Å². The van der Waals surface area contributed by atoms with Gasteiger partial charge in [-0.3, -0.25) is 0 Å². The highest BCUT2D eigenvalue weighted by atomic mass is 16.5. The van der Waals surface area contributed by atoms with E-state index >= 15 is 0 Å². The summed E-state index contributed by atoms with van der Waals surface area (Å²) in [6.07, 6.45) is 3.51. The predicted octanol–water partition coefficient (Wildman–Crippen LogP) is 2.67. The van der Waals surface area contributed by atoms with E-state index in [0.29, 0.717) is 0 Å². The highest BCUT2D eigenvalue weighted by Gasteiger charge is 2.14. The molecule has 0 spiro atoms. The summed E-state index contributed by atoms with van der Waals surface area (Å²) in [5.41, 5.74) is 1.26. The molecular weight excluding hydrogens is 224 g/mol. The molecule has 3 heteroatoms. The average Bonchev–Trinajstić information content (AvgIpc) is 2.61. The highest BCUT2D eigenvalue weighted by Crippen LogP contribution is 2.30. The first kappa shape index (κ1) is 13.2. The Morgan fingerprint density at radius 1 is 1.28 bits per heavy atom. The maximum atomic E-state index is 5.77. The SMILES string of the molecule is CCCNCCCN1CCCOc2ccccc21. The molecule has 0 atom stereocenters. The van der Waals surface area contributed by atoms with Crippen molar-refractivity contribution in [2.45, 2.75) is 26.2 Å². The summed E-state index contributed by atoms with van der Waals surface area (Å²) in [7, 11) is 0. The van der Waals surface area contributed by atoms with Crippen molar-refractivity contribution in [3.63, 3.8) is 0 Å². The Bertz CT molecular complexity index is 354. The van der Waals surface area contributed by atoms with Gasteiger partial charge < -0.3 is 15.0 Å². The van der Waals surface area contributed by atoms with Gasteiger partial charge in [0.1, 0.15) is 5.75 Å². The molecule has 3 nitrogen and oxygen atoms in total. The molecule has 1 aliphatic rings. The zero-order chi connectivity index (χ0) is 12.6. The minimum Gasteiger partial charge on any atom is -0.491 e. The molecule has 0 aliphatic carbocycles. The number of rotatable bonds is 6. The normalized spacial score (nSPS) is 14.8. The molecule has 1 aromatic carbocycles. The molecular formula is C15H24N2O. The molecule has 100 valence electrons. The van der Waals surface area contributed by atoms with E-state index in [9.17, 15) is 0 Å². The van der Waals surface area contributed by atoms with Crippen LogP contribution in [0.3, 0.4) is 0 Å². The van der Waals surface area contributed by atoms with Gasteiger partial charge in [-0.15, -0.1) is 0 Å². The van der Waals surface area contributed by atoms with Crippen LogP contribution in [-0.2, 0) is 0 Å². The van der Waals surface area contributed by atoms with E-state index in [2.05, 4.69) is 35.3 Å². The van der Waals surface area contributed by atoms with Gasteiger partial charge in [-0.05, 0) is 44.5 Å². The second kappa shape index (κ2) is 7.27. The number of anilines is 1. The van der Waals surface area contributed by atoms with Gasteiger partial charge in [-0.2, -0.15) is 0 Å². The van der Waals surface area contributed by atoms with Crippen molar-refractivity contribution < 1.29 is 4.74 Å². The zero-order valence-corrected chi connectivity index (χ0v) is 11.3. The van der Waals surface area contributed by atoms with Crippen molar-refractivity contribution >= 4 is 5.69 Å². The van der Waals surface area contributed by atoms with Gasteiger partial charge in [-0.1, -0.05) is 19.1 Å². The van der Waals surface area contributed by atoms with Gasteiger partial charge >= 0.3 is 0 Å². The van der Waals surface area contributed by atoms with Crippen molar-refractivity contribution in [1.82, 2.24) is 5.32 Å². The number of para-hydroxylation sites is 2. The summed E-state index contributed by atoms with van der Waals surface area (Å²) < 4.78 is 5.77. The monoisotopic (exact) mass is 248 g/mol. The van der Waals surface area contributed by atoms with Gasteiger partial charge in [0.15, 0.2) is 0 Å². The smallest absolute Gasteiger partial charge is 0.142 e.